The second-order valence-corrected chi connectivity index (χ2v) is 7.90. The van der Waals surface area contributed by atoms with Gasteiger partial charge in [0.25, 0.3) is 5.91 Å². The van der Waals surface area contributed by atoms with Crippen LogP contribution in [-0.4, -0.2) is 46.3 Å². The van der Waals surface area contributed by atoms with Crippen LogP contribution in [0.1, 0.15) is 16.8 Å². The molecule has 1 aliphatic rings. The highest BCUT2D eigenvalue weighted by Crippen LogP contribution is 2.32. The molecule has 0 bridgehead atoms. The number of nitrogens with two attached hydrogens (primary N) is 1. The van der Waals surface area contributed by atoms with Crippen molar-refractivity contribution in [2.24, 2.45) is 5.92 Å². The number of nitrogen functional groups attached to an aromatic ring is 1. The lowest BCUT2D eigenvalue weighted by Crippen LogP contribution is -2.28. The fourth-order valence-corrected chi connectivity index (χ4v) is 3.90. The number of carbonyl (C=O) groups excluding carboxylic acids is 2. The third-order valence-corrected chi connectivity index (χ3v) is 5.67. The molecule has 4 N–H and O–H groups in total. The van der Waals surface area contributed by atoms with Crippen molar-refractivity contribution in [3.8, 4) is 11.1 Å². The lowest BCUT2D eigenvalue weighted by molar-refractivity contribution is -0.125. The highest BCUT2D eigenvalue weighted by molar-refractivity contribution is 6.04. The van der Waals surface area contributed by atoms with Crippen LogP contribution in [-0.2, 0) is 4.79 Å². The number of likely N-dealkylation sites (tertiary alicyclic amines) is 1. The van der Waals surface area contributed by atoms with E-state index >= 15 is 0 Å². The predicted molar refractivity (Wildman–Crippen MR) is 130 cm³/mol. The predicted octanol–water partition coefficient (Wildman–Crippen LogP) is 3.42. The molecule has 8 nitrogen and oxygen atoms in total. The van der Waals surface area contributed by atoms with Crippen LogP contribution >= 0.6 is 0 Å². The van der Waals surface area contributed by atoms with Crippen molar-refractivity contribution in [3.63, 3.8) is 0 Å². The number of benzene rings is 2. The van der Waals surface area contributed by atoms with Gasteiger partial charge in [-0.25, -0.2) is 9.97 Å². The van der Waals surface area contributed by atoms with Crippen LogP contribution < -0.4 is 16.4 Å². The lowest BCUT2D eigenvalue weighted by atomic mass is 10.1. The van der Waals surface area contributed by atoms with Gasteiger partial charge in [-0.1, -0.05) is 36.9 Å². The number of nitrogens with one attached hydrogen (secondary N) is 2. The van der Waals surface area contributed by atoms with E-state index in [4.69, 9.17) is 5.73 Å². The Labute approximate surface area is 192 Å². The number of hydrogen-bond donors (Lipinski definition) is 3. The molecule has 1 fully saturated rings. The molecule has 4 rings (SSSR count). The number of aromatic nitrogens is 2. The van der Waals surface area contributed by atoms with Crippen LogP contribution in [0.4, 0.5) is 17.3 Å². The minimum Gasteiger partial charge on any atom is -0.383 e. The number of carbonyl (C=O) groups is 2. The largest absolute Gasteiger partial charge is 0.383 e. The van der Waals surface area contributed by atoms with Gasteiger partial charge in [-0.2, -0.15) is 0 Å². The maximum atomic E-state index is 12.4. The zero-order valence-electron chi connectivity index (χ0n) is 18.2. The maximum absolute atomic E-state index is 12.4. The molecule has 1 saturated heterocycles. The summed E-state index contributed by atoms with van der Waals surface area (Å²) in [4.78, 5) is 34.5. The molecule has 3 aromatic rings. The van der Waals surface area contributed by atoms with Crippen molar-refractivity contribution in [3.05, 3.63) is 79.1 Å². The minimum atomic E-state index is -0.172. The molecule has 0 aliphatic carbocycles. The van der Waals surface area contributed by atoms with E-state index in [1.165, 1.54) is 12.4 Å². The summed E-state index contributed by atoms with van der Waals surface area (Å²) in [6.45, 7) is 5.63. The Morgan fingerprint density at radius 3 is 2.61 bits per heavy atom. The molecule has 168 valence electrons. The van der Waals surface area contributed by atoms with Gasteiger partial charge in [-0.3, -0.25) is 9.59 Å². The quantitative estimate of drug-likeness (QED) is 0.483. The second-order valence-electron chi connectivity index (χ2n) is 7.90. The topological polar surface area (TPSA) is 113 Å². The van der Waals surface area contributed by atoms with Gasteiger partial charge in [0.2, 0.25) is 5.91 Å². The van der Waals surface area contributed by atoms with Crippen LogP contribution in [0.3, 0.4) is 0 Å². The van der Waals surface area contributed by atoms with E-state index in [9.17, 15) is 9.59 Å². The number of amides is 2. The summed E-state index contributed by atoms with van der Waals surface area (Å²) in [6, 6.07) is 16.4. The van der Waals surface area contributed by atoms with Crippen molar-refractivity contribution >= 4 is 29.1 Å². The first-order valence-corrected chi connectivity index (χ1v) is 10.8. The van der Waals surface area contributed by atoms with E-state index in [2.05, 4.69) is 27.2 Å². The normalized spacial score (nSPS) is 15.2. The zero-order chi connectivity index (χ0) is 23.2. The molecule has 0 saturated carbocycles. The lowest BCUT2D eigenvalue weighted by Gasteiger charge is -2.17. The summed E-state index contributed by atoms with van der Waals surface area (Å²) in [5.74, 6) is 1.10. The van der Waals surface area contributed by atoms with E-state index in [0.29, 0.717) is 47.5 Å². The molecular weight excluding hydrogens is 416 g/mol. The summed E-state index contributed by atoms with van der Waals surface area (Å²) in [5, 5.41) is 6.27. The van der Waals surface area contributed by atoms with Gasteiger partial charge in [-0.05, 0) is 48.2 Å². The Hall–Kier alpha value is -4.20. The SMILES string of the molecule is C=CC(=O)N1CCC(CNc2ncnc(N)c2-c2ccc(NC(=O)c3ccccc3)cc2)C1. The van der Waals surface area contributed by atoms with Crippen molar-refractivity contribution in [2.45, 2.75) is 6.42 Å². The maximum Gasteiger partial charge on any atom is 0.255 e. The van der Waals surface area contributed by atoms with Gasteiger partial charge in [0.15, 0.2) is 0 Å². The fraction of sp³-hybridized carbons (Fsp3) is 0.200. The van der Waals surface area contributed by atoms with Crippen molar-refractivity contribution in [1.82, 2.24) is 14.9 Å². The Bertz CT molecular complexity index is 1150. The first-order chi connectivity index (χ1) is 16.0. The standard InChI is InChI=1S/C25H26N6O2/c1-2-21(32)31-13-12-17(15-31)14-27-24-22(23(26)28-16-29-24)18-8-10-20(11-9-18)30-25(33)19-6-4-3-5-7-19/h2-11,16-17H,1,12-15H2,(H,30,33)(H3,26,27,28,29). The molecule has 33 heavy (non-hydrogen) atoms. The van der Waals surface area contributed by atoms with Gasteiger partial charge in [0.05, 0.1) is 5.56 Å². The summed E-state index contributed by atoms with van der Waals surface area (Å²) >= 11 is 0. The van der Waals surface area contributed by atoms with Gasteiger partial charge < -0.3 is 21.3 Å². The van der Waals surface area contributed by atoms with E-state index in [-0.39, 0.29) is 11.8 Å². The van der Waals surface area contributed by atoms with Crippen LogP contribution in [0.15, 0.2) is 73.6 Å². The molecule has 8 heteroatoms. The van der Waals surface area contributed by atoms with Gasteiger partial charge in [-0.15, -0.1) is 0 Å². The Morgan fingerprint density at radius 2 is 1.88 bits per heavy atom. The average Bonchev–Trinajstić information content (AvgIpc) is 3.32. The average molecular weight is 443 g/mol. The summed E-state index contributed by atoms with van der Waals surface area (Å²) < 4.78 is 0. The molecule has 1 atom stereocenters. The Balaban J connectivity index is 1.45. The van der Waals surface area contributed by atoms with Crippen molar-refractivity contribution in [2.75, 3.05) is 36.0 Å². The number of nitrogens with zero attached hydrogens (tertiary/aromatic N) is 3. The number of rotatable bonds is 7. The Kier molecular flexibility index (Phi) is 6.64. The van der Waals surface area contributed by atoms with Crippen LogP contribution in [0.25, 0.3) is 11.1 Å². The van der Waals surface area contributed by atoms with Crippen LogP contribution in [0.5, 0.6) is 0 Å². The van der Waals surface area contributed by atoms with E-state index in [0.717, 1.165) is 18.5 Å². The zero-order valence-corrected chi connectivity index (χ0v) is 18.2. The van der Waals surface area contributed by atoms with E-state index in [1.54, 1.807) is 17.0 Å². The van der Waals surface area contributed by atoms with E-state index < -0.39 is 0 Å². The van der Waals surface area contributed by atoms with Gasteiger partial charge in [0.1, 0.15) is 18.0 Å². The summed E-state index contributed by atoms with van der Waals surface area (Å²) in [6.07, 6.45) is 3.70. The minimum absolute atomic E-state index is 0.0380. The molecule has 1 unspecified atom stereocenters. The summed E-state index contributed by atoms with van der Waals surface area (Å²) in [5.41, 5.74) is 9.00. The molecule has 2 aromatic carbocycles. The monoisotopic (exact) mass is 442 g/mol. The molecule has 2 heterocycles. The molecule has 1 aliphatic heterocycles. The number of hydrogen-bond acceptors (Lipinski definition) is 6. The van der Waals surface area contributed by atoms with Crippen LogP contribution in [0, 0.1) is 5.92 Å². The number of anilines is 3. The highest BCUT2D eigenvalue weighted by atomic mass is 16.2. The van der Waals surface area contributed by atoms with Gasteiger partial charge in [0, 0.05) is 30.9 Å². The first kappa shape index (κ1) is 22.0. The third-order valence-electron chi connectivity index (χ3n) is 5.67. The second kappa shape index (κ2) is 9.95. The smallest absolute Gasteiger partial charge is 0.255 e. The third kappa shape index (κ3) is 5.17. The first-order valence-electron chi connectivity index (χ1n) is 10.8. The summed E-state index contributed by atoms with van der Waals surface area (Å²) in [7, 11) is 0. The van der Waals surface area contributed by atoms with Crippen molar-refractivity contribution < 1.29 is 9.59 Å². The molecule has 1 aromatic heterocycles. The van der Waals surface area contributed by atoms with Crippen LogP contribution in [0.2, 0.25) is 0 Å². The molecule has 0 spiro atoms. The molecule has 2 amide bonds. The van der Waals surface area contributed by atoms with Gasteiger partial charge >= 0.3 is 0 Å². The van der Waals surface area contributed by atoms with Crippen molar-refractivity contribution in [1.29, 1.82) is 0 Å². The molecular formula is C25H26N6O2. The molecule has 0 radical (unpaired) electrons. The highest BCUT2D eigenvalue weighted by Gasteiger charge is 2.25. The fourth-order valence-electron chi connectivity index (χ4n) is 3.90. The Morgan fingerprint density at radius 1 is 1.12 bits per heavy atom. The van der Waals surface area contributed by atoms with E-state index in [1.807, 2.05) is 42.5 Å².